The molecule has 9 heteroatoms. The van der Waals surface area contributed by atoms with Crippen LogP contribution < -0.4 is 4.74 Å². The van der Waals surface area contributed by atoms with Crippen LogP contribution in [0.15, 0.2) is 29.2 Å². The van der Waals surface area contributed by atoms with Crippen molar-refractivity contribution in [2.75, 3.05) is 38.5 Å². The Kier molecular flexibility index (Phi) is 5.66. The molecule has 0 radical (unpaired) electrons. The highest BCUT2D eigenvalue weighted by Gasteiger charge is 2.32. The van der Waals surface area contributed by atoms with Crippen molar-refractivity contribution in [3.05, 3.63) is 24.3 Å². The third kappa shape index (κ3) is 4.03. The van der Waals surface area contributed by atoms with Gasteiger partial charge in [-0.3, -0.25) is 0 Å². The molecular formula is C14H22N2O5S2. The van der Waals surface area contributed by atoms with Crippen LogP contribution in [0.3, 0.4) is 0 Å². The zero-order chi connectivity index (χ0) is 17.1. The molecule has 130 valence electrons. The molecule has 0 bridgehead atoms. The molecule has 0 atom stereocenters. The van der Waals surface area contributed by atoms with Crippen LogP contribution in [0.5, 0.6) is 5.75 Å². The normalized spacial score (nSPS) is 18.0. The first-order valence-electron chi connectivity index (χ1n) is 7.52. The summed E-state index contributed by atoms with van der Waals surface area (Å²) in [4.78, 5) is 0.188. The molecule has 0 aliphatic carbocycles. The molecule has 1 aliphatic heterocycles. The van der Waals surface area contributed by atoms with E-state index < -0.39 is 20.0 Å². The maximum atomic E-state index is 12.6. The minimum absolute atomic E-state index is 0.0264. The average Bonchev–Trinajstić information content (AvgIpc) is 2.56. The highest BCUT2D eigenvalue weighted by Crippen LogP contribution is 2.21. The second-order valence-electron chi connectivity index (χ2n) is 5.11. The van der Waals surface area contributed by atoms with Gasteiger partial charge in [0.2, 0.25) is 20.0 Å². The summed E-state index contributed by atoms with van der Waals surface area (Å²) in [7, 11) is -6.88. The Morgan fingerprint density at radius 3 is 1.91 bits per heavy atom. The molecule has 1 aromatic rings. The van der Waals surface area contributed by atoms with Crippen LogP contribution in [0.4, 0.5) is 0 Å². The summed E-state index contributed by atoms with van der Waals surface area (Å²) in [5.74, 6) is 0.642. The van der Waals surface area contributed by atoms with Crippen molar-refractivity contribution in [2.45, 2.75) is 18.7 Å². The molecule has 1 heterocycles. The van der Waals surface area contributed by atoms with Gasteiger partial charge in [-0.1, -0.05) is 0 Å². The van der Waals surface area contributed by atoms with Crippen LogP contribution in [-0.2, 0) is 20.0 Å². The fourth-order valence-electron chi connectivity index (χ4n) is 2.39. The highest BCUT2D eigenvalue weighted by atomic mass is 32.2. The zero-order valence-corrected chi connectivity index (χ0v) is 14.9. The summed E-state index contributed by atoms with van der Waals surface area (Å²) in [6, 6.07) is 6.26. The van der Waals surface area contributed by atoms with Crippen molar-refractivity contribution in [1.82, 2.24) is 8.61 Å². The lowest BCUT2D eigenvalue weighted by Crippen LogP contribution is -2.50. The molecule has 1 saturated heterocycles. The van der Waals surface area contributed by atoms with Gasteiger partial charge >= 0.3 is 0 Å². The third-order valence-corrected chi connectivity index (χ3v) is 7.52. The first-order chi connectivity index (χ1) is 10.8. The van der Waals surface area contributed by atoms with E-state index in [9.17, 15) is 16.8 Å². The molecule has 1 aromatic carbocycles. The van der Waals surface area contributed by atoms with Crippen molar-refractivity contribution in [2.24, 2.45) is 0 Å². The fourth-order valence-corrected chi connectivity index (χ4v) is 4.90. The van der Waals surface area contributed by atoms with Gasteiger partial charge in [0.05, 0.1) is 17.3 Å². The lowest BCUT2D eigenvalue weighted by molar-refractivity contribution is 0.273. The monoisotopic (exact) mass is 362 g/mol. The third-order valence-electron chi connectivity index (χ3n) is 3.73. The number of hydrogen-bond acceptors (Lipinski definition) is 5. The molecule has 23 heavy (non-hydrogen) atoms. The fraction of sp³-hybridized carbons (Fsp3) is 0.571. The topological polar surface area (TPSA) is 84.0 Å². The number of nitrogens with zero attached hydrogens (tertiary/aromatic N) is 2. The molecule has 1 fully saturated rings. The van der Waals surface area contributed by atoms with Crippen LogP contribution in [0.1, 0.15) is 13.8 Å². The molecular weight excluding hydrogens is 340 g/mol. The Balaban J connectivity index is 2.10. The zero-order valence-electron chi connectivity index (χ0n) is 13.3. The van der Waals surface area contributed by atoms with Crippen molar-refractivity contribution < 1.29 is 21.6 Å². The van der Waals surface area contributed by atoms with Gasteiger partial charge in [0.15, 0.2) is 0 Å². The minimum Gasteiger partial charge on any atom is -0.494 e. The number of benzene rings is 1. The summed E-state index contributed by atoms with van der Waals surface area (Å²) >= 11 is 0. The number of piperazine rings is 1. The van der Waals surface area contributed by atoms with Crippen LogP contribution in [0, 0.1) is 0 Å². The van der Waals surface area contributed by atoms with Crippen molar-refractivity contribution in [1.29, 1.82) is 0 Å². The summed E-state index contributed by atoms with van der Waals surface area (Å²) < 4.78 is 56.8. The van der Waals surface area contributed by atoms with Crippen LogP contribution in [0.2, 0.25) is 0 Å². The maximum Gasteiger partial charge on any atom is 0.243 e. The Morgan fingerprint density at radius 1 is 0.913 bits per heavy atom. The van der Waals surface area contributed by atoms with E-state index in [0.29, 0.717) is 12.4 Å². The Labute approximate surface area is 137 Å². The smallest absolute Gasteiger partial charge is 0.243 e. The Morgan fingerprint density at radius 2 is 1.43 bits per heavy atom. The van der Waals surface area contributed by atoms with Gasteiger partial charge in [0.1, 0.15) is 5.75 Å². The molecule has 0 amide bonds. The Bertz CT molecular complexity index is 721. The molecule has 0 aromatic heterocycles. The van der Waals surface area contributed by atoms with Crippen molar-refractivity contribution in [3.8, 4) is 5.75 Å². The Hall–Kier alpha value is -1.16. The van der Waals surface area contributed by atoms with Crippen LogP contribution >= 0.6 is 0 Å². The summed E-state index contributed by atoms with van der Waals surface area (Å²) in [6.07, 6.45) is 0. The second kappa shape index (κ2) is 7.16. The number of rotatable bonds is 6. The molecule has 2 rings (SSSR count). The SMILES string of the molecule is CCOc1ccc(S(=O)(=O)N2CCN(S(=O)(=O)CC)CC2)cc1. The van der Waals surface area contributed by atoms with E-state index in [4.69, 9.17) is 4.74 Å². The quantitative estimate of drug-likeness (QED) is 0.745. The average molecular weight is 362 g/mol. The minimum atomic E-state index is -3.61. The van der Waals surface area contributed by atoms with E-state index in [2.05, 4.69) is 0 Å². The van der Waals surface area contributed by atoms with Crippen LogP contribution in [0.25, 0.3) is 0 Å². The van der Waals surface area contributed by atoms with Gasteiger partial charge in [-0.25, -0.2) is 16.8 Å². The van der Waals surface area contributed by atoms with Gasteiger partial charge < -0.3 is 4.74 Å². The molecule has 1 aliphatic rings. The summed E-state index contributed by atoms with van der Waals surface area (Å²) in [5, 5.41) is 0. The van der Waals surface area contributed by atoms with E-state index in [1.807, 2.05) is 6.92 Å². The predicted molar refractivity (Wildman–Crippen MR) is 87.4 cm³/mol. The molecule has 7 nitrogen and oxygen atoms in total. The number of ether oxygens (including phenoxy) is 1. The molecule has 0 unspecified atom stereocenters. The van der Waals surface area contributed by atoms with Gasteiger partial charge in [0, 0.05) is 26.2 Å². The largest absolute Gasteiger partial charge is 0.494 e. The van der Waals surface area contributed by atoms with Gasteiger partial charge in [-0.15, -0.1) is 0 Å². The molecule has 0 spiro atoms. The lowest BCUT2D eigenvalue weighted by Gasteiger charge is -2.33. The maximum absolute atomic E-state index is 12.6. The van der Waals surface area contributed by atoms with Crippen LogP contribution in [-0.4, -0.2) is 64.0 Å². The standard InChI is InChI=1S/C14H22N2O5S2/c1-3-21-13-5-7-14(8-6-13)23(19,20)16-11-9-15(10-12-16)22(17,18)4-2/h5-8H,3-4,9-12H2,1-2H3. The van der Waals surface area contributed by atoms with E-state index in [-0.39, 0.29) is 36.8 Å². The first kappa shape index (κ1) is 18.2. The second-order valence-corrected chi connectivity index (χ2v) is 9.30. The summed E-state index contributed by atoms with van der Waals surface area (Å²) in [6.45, 7) is 4.65. The van der Waals surface area contributed by atoms with Gasteiger partial charge in [0.25, 0.3) is 0 Å². The number of sulfonamides is 2. The van der Waals surface area contributed by atoms with Gasteiger partial charge in [-0.05, 0) is 38.1 Å². The first-order valence-corrected chi connectivity index (χ1v) is 10.6. The van der Waals surface area contributed by atoms with Crippen molar-refractivity contribution >= 4 is 20.0 Å². The highest BCUT2D eigenvalue weighted by molar-refractivity contribution is 7.89. The molecule has 0 N–H and O–H groups in total. The number of hydrogen-bond donors (Lipinski definition) is 0. The van der Waals surface area contributed by atoms with E-state index in [1.54, 1.807) is 19.1 Å². The van der Waals surface area contributed by atoms with Gasteiger partial charge in [-0.2, -0.15) is 8.61 Å². The lowest BCUT2D eigenvalue weighted by atomic mass is 10.3. The van der Waals surface area contributed by atoms with E-state index in [0.717, 1.165) is 0 Å². The van der Waals surface area contributed by atoms with E-state index in [1.165, 1.54) is 20.7 Å². The van der Waals surface area contributed by atoms with E-state index >= 15 is 0 Å². The summed E-state index contributed by atoms with van der Waals surface area (Å²) in [5.41, 5.74) is 0. The predicted octanol–water partition coefficient (Wildman–Crippen LogP) is 0.741. The molecule has 0 saturated carbocycles. The van der Waals surface area contributed by atoms with Crippen molar-refractivity contribution in [3.63, 3.8) is 0 Å².